The Balaban J connectivity index is 2.12. The molecule has 1 aliphatic rings. The van der Waals surface area contributed by atoms with Crippen LogP contribution in [0.15, 0.2) is 11.4 Å². The quantitative estimate of drug-likeness (QED) is 0.768. The normalized spacial score (nSPS) is 21.1. The minimum absolute atomic E-state index is 0.219. The van der Waals surface area contributed by atoms with Crippen LogP contribution < -0.4 is 0 Å². The molecule has 1 aliphatic heterocycles. The second-order valence-corrected chi connectivity index (χ2v) is 6.33. The summed E-state index contributed by atoms with van der Waals surface area (Å²) in [5.41, 5.74) is 1.19. The first-order chi connectivity index (χ1) is 7.72. The lowest BCUT2D eigenvalue weighted by molar-refractivity contribution is 0.0734. The van der Waals surface area contributed by atoms with Gasteiger partial charge in [-0.05, 0) is 36.3 Å². The molecule has 0 radical (unpaired) electrons. The van der Waals surface area contributed by atoms with Gasteiger partial charge in [0, 0.05) is 17.9 Å². The third kappa shape index (κ3) is 2.48. The second-order valence-electron chi connectivity index (χ2n) is 4.12. The Morgan fingerprint density at radius 2 is 2.50 bits per heavy atom. The largest absolute Gasteiger partial charge is 0.337 e. The maximum Gasteiger partial charge on any atom is 0.264 e. The molecule has 0 spiro atoms. The van der Waals surface area contributed by atoms with Gasteiger partial charge in [0.1, 0.15) is 0 Å². The van der Waals surface area contributed by atoms with Crippen LogP contribution in [0.2, 0.25) is 0 Å². The summed E-state index contributed by atoms with van der Waals surface area (Å²) in [7, 11) is 0. The van der Waals surface area contributed by atoms with E-state index in [1.165, 1.54) is 12.0 Å². The molecule has 1 amide bonds. The molecule has 1 fully saturated rings. The van der Waals surface area contributed by atoms with E-state index >= 15 is 0 Å². The number of amides is 1. The zero-order chi connectivity index (χ0) is 11.5. The van der Waals surface area contributed by atoms with E-state index in [2.05, 4.69) is 28.9 Å². The number of likely N-dealkylation sites (tertiary alicyclic amines) is 1. The number of hydrogen-bond donors (Lipinski definition) is 0. The van der Waals surface area contributed by atoms with Gasteiger partial charge >= 0.3 is 0 Å². The van der Waals surface area contributed by atoms with Crippen molar-refractivity contribution in [3.63, 3.8) is 0 Å². The molecule has 88 valence electrons. The molecule has 2 nitrogen and oxygen atoms in total. The second kappa shape index (κ2) is 5.32. The molecule has 1 unspecified atom stereocenters. The number of rotatable bonds is 2. The molecule has 2 heterocycles. The fraction of sp³-hybridized carbons (Fsp3) is 0.583. The van der Waals surface area contributed by atoms with Crippen LogP contribution in [0, 0.1) is 0 Å². The summed E-state index contributed by atoms with van der Waals surface area (Å²) < 4.78 is 0. The minimum Gasteiger partial charge on any atom is -0.337 e. The summed E-state index contributed by atoms with van der Waals surface area (Å²) in [6, 6.07) is 2.06. The SMILES string of the molecule is CCc1ccsc1C(=O)N1CCCC(Br)C1. The van der Waals surface area contributed by atoms with Crippen LogP contribution in [0.1, 0.15) is 35.0 Å². The summed E-state index contributed by atoms with van der Waals surface area (Å²) in [5.74, 6) is 0.219. The third-order valence-corrected chi connectivity index (χ3v) is 4.67. The van der Waals surface area contributed by atoms with Crippen molar-refractivity contribution in [2.24, 2.45) is 0 Å². The highest BCUT2D eigenvalue weighted by molar-refractivity contribution is 9.09. The number of thiophene rings is 1. The minimum atomic E-state index is 0.219. The smallest absolute Gasteiger partial charge is 0.264 e. The molecule has 1 saturated heterocycles. The summed E-state index contributed by atoms with van der Waals surface area (Å²) in [5, 5.41) is 2.02. The van der Waals surface area contributed by atoms with Crippen molar-refractivity contribution in [3.8, 4) is 0 Å². The Labute approximate surface area is 109 Å². The van der Waals surface area contributed by atoms with Crippen LogP contribution in [0.4, 0.5) is 0 Å². The molecule has 0 aliphatic carbocycles. The molecule has 4 heteroatoms. The molecule has 2 rings (SSSR count). The number of hydrogen-bond acceptors (Lipinski definition) is 2. The Morgan fingerprint density at radius 3 is 3.19 bits per heavy atom. The van der Waals surface area contributed by atoms with Crippen molar-refractivity contribution in [3.05, 3.63) is 21.9 Å². The lowest BCUT2D eigenvalue weighted by Gasteiger charge is -2.29. The van der Waals surface area contributed by atoms with Gasteiger partial charge in [-0.2, -0.15) is 0 Å². The van der Waals surface area contributed by atoms with Crippen LogP contribution in [-0.2, 0) is 6.42 Å². The first kappa shape index (κ1) is 12.1. The van der Waals surface area contributed by atoms with Gasteiger partial charge in [0.15, 0.2) is 0 Å². The Hall–Kier alpha value is -0.350. The average molecular weight is 302 g/mol. The number of carbonyl (C=O) groups is 1. The van der Waals surface area contributed by atoms with Gasteiger partial charge in [0.2, 0.25) is 0 Å². The van der Waals surface area contributed by atoms with Crippen molar-refractivity contribution >= 4 is 33.2 Å². The van der Waals surface area contributed by atoms with E-state index in [4.69, 9.17) is 0 Å². The summed E-state index contributed by atoms with van der Waals surface area (Å²) in [6.45, 7) is 3.85. The lowest BCUT2D eigenvalue weighted by atomic mass is 10.1. The van der Waals surface area contributed by atoms with E-state index in [0.717, 1.165) is 30.8 Å². The maximum absolute atomic E-state index is 12.3. The van der Waals surface area contributed by atoms with Crippen LogP contribution in [0.5, 0.6) is 0 Å². The van der Waals surface area contributed by atoms with E-state index in [1.54, 1.807) is 11.3 Å². The van der Waals surface area contributed by atoms with Crippen molar-refractivity contribution < 1.29 is 4.79 Å². The summed E-state index contributed by atoms with van der Waals surface area (Å²) in [4.78, 5) is 15.7. The lowest BCUT2D eigenvalue weighted by Crippen LogP contribution is -2.40. The average Bonchev–Trinajstić information content (AvgIpc) is 2.76. The number of aryl methyl sites for hydroxylation is 1. The molecule has 0 saturated carbocycles. The number of piperidine rings is 1. The van der Waals surface area contributed by atoms with Crippen LogP contribution >= 0.6 is 27.3 Å². The van der Waals surface area contributed by atoms with Crippen molar-refractivity contribution in [2.45, 2.75) is 31.0 Å². The monoisotopic (exact) mass is 301 g/mol. The highest BCUT2D eigenvalue weighted by Crippen LogP contribution is 2.23. The summed E-state index contributed by atoms with van der Waals surface area (Å²) >= 11 is 5.18. The van der Waals surface area contributed by atoms with Crippen LogP contribution in [0.25, 0.3) is 0 Å². The summed E-state index contributed by atoms with van der Waals surface area (Å²) in [6.07, 6.45) is 3.22. The molecule has 0 bridgehead atoms. The van der Waals surface area contributed by atoms with Crippen LogP contribution in [-0.4, -0.2) is 28.7 Å². The van der Waals surface area contributed by atoms with E-state index in [0.29, 0.717) is 4.83 Å². The maximum atomic E-state index is 12.3. The van der Waals surface area contributed by atoms with E-state index in [-0.39, 0.29) is 5.91 Å². The van der Waals surface area contributed by atoms with E-state index in [1.807, 2.05) is 10.3 Å². The zero-order valence-corrected chi connectivity index (χ0v) is 11.8. The predicted molar refractivity (Wildman–Crippen MR) is 71.5 cm³/mol. The van der Waals surface area contributed by atoms with Gasteiger partial charge in [-0.15, -0.1) is 11.3 Å². The van der Waals surface area contributed by atoms with Gasteiger partial charge in [-0.1, -0.05) is 22.9 Å². The van der Waals surface area contributed by atoms with Gasteiger partial charge < -0.3 is 4.90 Å². The third-order valence-electron chi connectivity index (χ3n) is 2.97. The molecule has 16 heavy (non-hydrogen) atoms. The fourth-order valence-corrected chi connectivity index (χ4v) is 3.69. The molecule has 1 aromatic heterocycles. The first-order valence-corrected chi connectivity index (χ1v) is 7.51. The molecule has 0 N–H and O–H groups in total. The van der Waals surface area contributed by atoms with Crippen molar-refractivity contribution in [2.75, 3.05) is 13.1 Å². The fourth-order valence-electron chi connectivity index (χ4n) is 2.06. The zero-order valence-electron chi connectivity index (χ0n) is 9.41. The van der Waals surface area contributed by atoms with Gasteiger partial charge in [-0.25, -0.2) is 0 Å². The molecule has 0 aromatic carbocycles. The van der Waals surface area contributed by atoms with Gasteiger partial charge in [-0.3, -0.25) is 4.79 Å². The van der Waals surface area contributed by atoms with Gasteiger partial charge in [0.25, 0.3) is 5.91 Å². The number of nitrogens with zero attached hydrogens (tertiary/aromatic N) is 1. The Kier molecular flexibility index (Phi) is 4.03. The van der Waals surface area contributed by atoms with Crippen molar-refractivity contribution in [1.29, 1.82) is 0 Å². The van der Waals surface area contributed by atoms with Gasteiger partial charge in [0.05, 0.1) is 4.88 Å². The number of carbonyl (C=O) groups excluding carboxylic acids is 1. The standard InChI is InChI=1S/C12H16BrNOS/c1-2-9-5-7-16-11(9)12(15)14-6-3-4-10(13)8-14/h5,7,10H,2-4,6,8H2,1H3. The first-order valence-electron chi connectivity index (χ1n) is 5.72. The Morgan fingerprint density at radius 1 is 1.69 bits per heavy atom. The highest BCUT2D eigenvalue weighted by Gasteiger charge is 2.24. The molecular formula is C12H16BrNOS. The molecule has 1 atom stereocenters. The Bertz CT molecular complexity index is 377. The topological polar surface area (TPSA) is 20.3 Å². The van der Waals surface area contributed by atoms with Crippen molar-refractivity contribution in [1.82, 2.24) is 4.90 Å². The molecular weight excluding hydrogens is 286 g/mol. The molecule has 1 aromatic rings. The predicted octanol–water partition coefficient (Wildman–Crippen LogP) is 3.31. The highest BCUT2D eigenvalue weighted by atomic mass is 79.9. The van der Waals surface area contributed by atoms with E-state index in [9.17, 15) is 4.79 Å². The van der Waals surface area contributed by atoms with E-state index < -0.39 is 0 Å². The van der Waals surface area contributed by atoms with Crippen LogP contribution in [0.3, 0.4) is 0 Å². The number of halogens is 1. The number of alkyl halides is 1.